The second kappa shape index (κ2) is 4.48. The summed E-state index contributed by atoms with van der Waals surface area (Å²) in [7, 11) is 0. The van der Waals surface area contributed by atoms with Crippen molar-refractivity contribution in [2.75, 3.05) is 13.1 Å². The Labute approximate surface area is 98.3 Å². The Morgan fingerprint density at radius 3 is 2.53 bits per heavy atom. The lowest BCUT2D eigenvalue weighted by atomic mass is 9.99. The summed E-state index contributed by atoms with van der Waals surface area (Å²) >= 11 is 0. The Morgan fingerprint density at radius 1 is 1.35 bits per heavy atom. The molecule has 1 N–H and O–H groups in total. The smallest absolute Gasteiger partial charge is 0.308 e. The fraction of sp³-hybridized carbons (Fsp3) is 0.455. The SMILES string of the molecule is CC1CN(C(=O)c2cncnc2)CC1C(=O)O. The van der Waals surface area contributed by atoms with Crippen molar-refractivity contribution in [2.24, 2.45) is 11.8 Å². The van der Waals surface area contributed by atoms with Crippen molar-refractivity contribution in [2.45, 2.75) is 6.92 Å². The van der Waals surface area contributed by atoms with Gasteiger partial charge in [-0.25, -0.2) is 9.97 Å². The van der Waals surface area contributed by atoms with E-state index in [-0.39, 0.29) is 18.4 Å². The van der Waals surface area contributed by atoms with Crippen molar-refractivity contribution < 1.29 is 14.7 Å². The van der Waals surface area contributed by atoms with Gasteiger partial charge >= 0.3 is 5.97 Å². The molecule has 1 saturated heterocycles. The van der Waals surface area contributed by atoms with E-state index in [0.717, 1.165) is 0 Å². The molecule has 17 heavy (non-hydrogen) atoms. The molecule has 1 aliphatic rings. The van der Waals surface area contributed by atoms with E-state index in [0.29, 0.717) is 12.1 Å². The lowest BCUT2D eigenvalue weighted by molar-refractivity contribution is -0.142. The molecular formula is C11H13N3O3. The monoisotopic (exact) mass is 235 g/mol. The zero-order chi connectivity index (χ0) is 12.4. The standard InChI is InChI=1S/C11H13N3O3/c1-7-4-14(5-9(7)11(16)17)10(15)8-2-12-6-13-3-8/h2-3,6-7,9H,4-5H2,1H3,(H,16,17). The molecule has 1 aliphatic heterocycles. The van der Waals surface area contributed by atoms with Gasteiger partial charge in [-0.3, -0.25) is 9.59 Å². The van der Waals surface area contributed by atoms with Crippen LogP contribution in [-0.4, -0.2) is 44.9 Å². The molecule has 0 bridgehead atoms. The first-order valence-corrected chi connectivity index (χ1v) is 5.36. The summed E-state index contributed by atoms with van der Waals surface area (Å²) in [4.78, 5) is 32.1. The average molecular weight is 235 g/mol. The molecule has 6 heteroatoms. The highest BCUT2D eigenvalue weighted by Gasteiger charge is 2.37. The van der Waals surface area contributed by atoms with Gasteiger partial charge in [0.05, 0.1) is 11.5 Å². The van der Waals surface area contributed by atoms with Gasteiger partial charge in [0.1, 0.15) is 6.33 Å². The summed E-state index contributed by atoms with van der Waals surface area (Å²) in [6.07, 6.45) is 4.23. The maximum Gasteiger partial charge on any atom is 0.308 e. The van der Waals surface area contributed by atoms with E-state index in [1.165, 1.54) is 18.7 Å². The van der Waals surface area contributed by atoms with Crippen LogP contribution in [0.5, 0.6) is 0 Å². The lowest BCUT2D eigenvalue weighted by Crippen LogP contribution is -2.30. The molecule has 1 aromatic heterocycles. The second-order valence-corrected chi connectivity index (χ2v) is 4.26. The van der Waals surface area contributed by atoms with Gasteiger partial charge in [0, 0.05) is 25.5 Å². The van der Waals surface area contributed by atoms with Crippen LogP contribution in [0.25, 0.3) is 0 Å². The summed E-state index contributed by atoms with van der Waals surface area (Å²) in [5, 5.41) is 8.99. The number of hydrogen-bond donors (Lipinski definition) is 1. The molecule has 2 atom stereocenters. The molecule has 0 aliphatic carbocycles. The van der Waals surface area contributed by atoms with Crippen LogP contribution in [0.4, 0.5) is 0 Å². The van der Waals surface area contributed by atoms with Gasteiger partial charge in [-0.1, -0.05) is 6.92 Å². The summed E-state index contributed by atoms with van der Waals surface area (Å²) < 4.78 is 0. The minimum absolute atomic E-state index is 0.0268. The molecule has 1 fully saturated rings. The third kappa shape index (κ3) is 2.25. The quantitative estimate of drug-likeness (QED) is 0.795. The van der Waals surface area contributed by atoms with Gasteiger partial charge in [0.25, 0.3) is 5.91 Å². The number of amides is 1. The molecule has 2 unspecified atom stereocenters. The fourth-order valence-electron chi connectivity index (χ4n) is 2.05. The number of carbonyl (C=O) groups excluding carboxylic acids is 1. The first kappa shape index (κ1) is 11.5. The third-order valence-corrected chi connectivity index (χ3v) is 3.02. The number of carbonyl (C=O) groups is 2. The van der Waals surface area contributed by atoms with Gasteiger partial charge in [0.2, 0.25) is 0 Å². The number of hydrogen-bond acceptors (Lipinski definition) is 4. The maximum atomic E-state index is 12.0. The first-order chi connectivity index (χ1) is 8.09. The topological polar surface area (TPSA) is 83.4 Å². The minimum Gasteiger partial charge on any atom is -0.481 e. The van der Waals surface area contributed by atoms with Gasteiger partial charge in [-0.2, -0.15) is 0 Å². The fourth-order valence-corrected chi connectivity index (χ4v) is 2.05. The van der Waals surface area contributed by atoms with E-state index >= 15 is 0 Å². The molecular weight excluding hydrogens is 222 g/mol. The van der Waals surface area contributed by atoms with E-state index in [4.69, 9.17) is 5.11 Å². The third-order valence-electron chi connectivity index (χ3n) is 3.02. The number of carboxylic acids is 1. The van der Waals surface area contributed by atoms with Gasteiger partial charge in [-0.05, 0) is 5.92 Å². The first-order valence-electron chi connectivity index (χ1n) is 5.36. The zero-order valence-corrected chi connectivity index (χ0v) is 9.41. The number of aromatic nitrogens is 2. The Hall–Kier alpha value is -1.98. The highest BCUT2D eigenvalue weighted by Crippen LogP contribution is 2.24. The van der Waals surface area contributed by atoms with E-state index < -0.39 is 11.9 Å². The maximum absolute atomic E-state index is 12.0. The zero-order valence-electron chi connectivity index (χ0n) is 9.41. The molecule has 2 heterocycles. The summed E-state index contributed by atoms with van der Waals surface area (Å²) in [6, 6.07) is 0. The Bertz CT molecular complexity index is 435. The van der Waals surface area contributed by atoms with Crippen LogP contribution in [0.3, 0.4) is 0 Å². The van der Waals surface area contributed by atoms with Crippen LogP contribution in [0, 0.1) is 11.8 Å². The van der Waals surface area contributed by atoms with Crippen molar-refractivity contribution >= 4 is 11.9 Å². The number of nitrogens with zero attached hydrogens (tertiary/aromatic N) is 3. The van der Waals surface area contributed by atoms with Crippen LogP contribution in [-0.2, 0) is 4.79 Å². The van der Waals surface area contributed by atoms with Crippen molar-refractivity contribution in [1.29, 1.82) is 0 Å². The molecule has 0 spiro atoms. The summed E-state index contributed by atoms with van der Waals surface area (Å²) in [5.74, 6) is -1.57. The summed E-state index contributed by atoms with van der Waals surface area (Å²) in [6.45, 7) is 2.56. The highest BCUT2D eigenvalue weighted by atomic mass is 16.4. The van der Waals surface area contributed by atoms with Gasteiger partial charge < -0.3 is 10.0 Å². The number of carboxylic acid groups (broad SMARTS) is 1. The summed E-state index contributed by atoms with van der Waals surface area (Å²) in [5.41, 5.74) is 0.394. The van der Waals surface area contributed by atoms with E-state index in [2.05, 4.69) is 9.97 Å². The van der Waals surface area contributed by atoms with Crippen molar-refractivity contribution in [3.63, 3.8) is 0 Å². The van der Waals surface area contributed by atoms with Crippen LogP contribution in [0.2, 0.25) is 0 Å². The van der Waals surface area contributed by atoms with Crippen LogP contribution < -0.4 is 0 Å². The van der Waals surface area contributed by atoms with E-state index in [1.54, 1.807) is 4.90 Å². The largest absolute Gasteiger partial charge is 0.481 e. The minimum atomic E-state index is -0.850. The second-order valence-electron chi connectivity index (χ2n) is 4.26. The van der Waals surface area contributed by atoms with E-state index in [9.17, 15) is 9.59 Å². The van der Waals surface area contributed by atoms with Crippen LogP contribution >= 0.6 is 0 Å². The molecule has 2 rings (SSSR count). The molecule has 1 amide bonds. The predicted octanol–water partition coefficient (Wildman–Crippen LogP) is 0.269. The Morgan fingerprint density at radius 2 is 2.00 bits per heavy atom. The van der Waals surface area contributed by atoms with E-state index in [1.807, 2.05) is 6.92 Å². The molecule has 6 nitrogen and oxygen atoms in total. The Balaban J connectivity index is 2.11. The highest BCUT2D eigenvalue weighted by molar-refractivity contribution is 5.94. The molecule has 0 aromatic carbocycles. The average Bonchev–Trinajstić information content (AvgIpc) is 2.71. The lowest BCUT2D eigenvalue weighted by Gasteiger charge is -2.15. The van der Waals surface area contributed by atoms with Crippen molar-refractivity contribution in [3.05, 3.63) is 24.3 Å². The molecule has 0 radical (unpaired) electrons. The van der Waals surface area contributed by atoms with Gasteiger partial charge in [0.15, 0.2) is 0 Å². The van der Waals surface area contributed by atoms with Crippen molar-refractivity contribution in [1.82, 2.24) is 14.9 Å². The Kier molecular flexibility index (Phi) is 3.03. The predicted molar refractivity (Wildman–Crippen MR) is 58.2 cm³/mol. The van der Waals surface area contributed by atoms with Crippen LogP contribution in [0.15, 0.2) is 18.7 Å². The number of rotatable bonds is 2. The molecule has 0 saturated carbocycles. The molecule has 90 valence electrons. The molecule has 1 aromatic rings. The van der Waals surface area contributed by atoms with Crippen molar-refractivity contribution in [3.8, 4) is 0 Å². The number of aliphatic carboxylic acids is 1. The normalized spacial score (nSPS) is 23.7. The van der Waals surface area contributed by atoms with Crippen LogP contribution in [0.1, 0.15) is 17.3 Å². The number of likely N-dealkylation sites (tertiary alicyclic amines) is 1. The van der Waals surface area contributed by atoms with Gasteiger partial charge in [-0.15, -0.1) is 0 Å².